The summed E-state index contributed by atoms with van der Waals surface area (Å²) in [5, 5.41) is 12.8. The summed E-state index contributed by atoms with van der Waals surface area (Å²) in [7, 11) is 1.24. The van der Waals surface area contributed by atoms with Gasteiger partial charge in [0.2, 0.25) is 0 Å². The van der Waals surface area contributed by atoms with Crippen molar-refractivity contribution in [3.63, 3.8) is 0 Å². The molecule has 0 aromatic carbocycles. The fourth-order valence-corrected chi connectivity index (χ4v) is 3.18. The third-order valence-electron chi connectivity index (χ3n) is 4.79. The molecular formula is C23H45NO5. The Bertz CT molecular complexity index is 445. The molecule has 0 bridgehead atoms. The molecule has 6 nitrogen and oxygen atoms in total. The van der Waals surface area contributed by atoms with Crippen LogP contribution in [0.15, 0.2) is 0 Å². The van der Waals surface area contributed by atoms with Gasteiger partial charge < -0.3 is 19.9 Å². The van der Waals surface area contributed by atoms with Crippen molar-refractivity contribution in [1.82, 2.24) is 5.32 Å². The molecular weight excluding hydrogens is 370 g/mol. The number of ether oxygens (including phenoxy) is 2. The number of carbonyl (C=O) groups is 2. The molecule has 0 heterocycles. The lowest BCUT2D eigenvalue weighted by molar-refractivity contribution is -0.146. The topological polar surface area (TPSA) is 84.9 Å². The number of aliphatic hydroxyl groups is 1. The van der Waals surface area contributed by atoms with Crippen molar-refractivity contribution < 1.29 is 24.2 Å². The number of amides is 1. The van der Waals surface area contributed by atoms with Gasteiger partial charge in [-0.2, -0.15) is 0 Å². The third kappa shape index (κ3) is 16.2. The van der Waals surface area contributed by atoms with Gasteiger partial charge in [-0.3, -0.25) is 0 Å². The van der Waals surface area contributed by atoms with E-state index in [0.29, 0.717) is 6.42 Å². The number of hydrogen-bond acceptors (Lipinski definition) is 5. The van der Waals surface area contributed by atoms with Gasteiger partial charge in [0.1, 0.15) is 5.60 Å². The van der Waals surface area contributed by atoms with Crippen molar-refractivity contribution in [2.45, 2.75) is 123 Å². The van der Waals surface area contributed by atoms with Gasteiger partial charge in [0, 0.05) is 0 Å². The number of aliphatic hydroxyl groups excluding tert-OH is 1. The Kier molecular flexibility index (Phi) is 14.8. The normalized spacial score (nSPS) is 13.8. The molecule has 0 radical (unpaired) electrons. The quantitative estimate of drug-likeness (QED) is 0.278. The molecule has 0 saturated carbocycles. The molecule has 2 atom stereocenters. The van der Waals surface area contributed by atoms with Crippen LogP contribution in [0.1, 0.15) is 105 Å². The molecule has 0 fully saturated rings. The van der Waals surface area contributed by atoms with E-state index in [0.717, 1.165) is 25.2 Å². The lowest BCUT2D eigenvalue weighted by atomic mass is 10.0. The number of rotatable bonds is 15. The summed E-state index contributed by atoms with van der Waals surface area (Å²) in [6.45, 7) is 9.77. The van der Waals surface area contributed by atoms with Crippen LogP contribution < -0.4 is 5.32 Å². The van der Waals surface area contributed by atoms with Crippen LogP contribution in [0.4, 0.5) is 4.79 Å². The second-order valence-electron chi connectivity index (χ2n) is 9.37. The Morgan fingerprint density at radius 1 is 0.862 bits per heavy atom. The van der Waals surface area contributed by atoms with Gasteiger partial charge >= 0.3 is 12.1 Å². The summed E-state index contributed by atoms with van der Waals surface area (Å²) >= 11 is 0. The maximum atomic E-state index is 11.9. The Balaban J connectivity index is 3.98. The minimum Gasteiger partial charge on any atom is -0.467 e. The number of methoxy groups -OCH3 is 1. The second kappa shape index (κ2) is 15.5. The van der Waals surface area contributed by atoms with Crippen molar-refractivity contribution >= 4 is 12.1 Å². The van der Waals surface area contributed by atoms with Gasteiger partial charge in [0.15, 0.2) is 6.04 Å². The van der Waals surface area contributed by atoms with E-state index in [1.54, 1.807) is 20.8 Å². The van der Waals surface area contributed by atoms with Crippen LogP contribution in [0.2, 0.25) is 0 Å². The molecule has 29 heavy (non-hydrogen) atoms. The SMILES string of the molecule is COC(=O)[C@H](NC(=O)OC(C)(C)C)[C@H](O)CCCCCCCCCCCC(C)C. The average Bonchev–Trinajstić information content (AvgIpc) is 2.61. The molecule has 0 aromatic rings. The van der Waals surface area contributed by atoms with Crippen molar-refractivity contribution in [2.75, 3.05) is 7.11 Å². The van der Waals surface area contributed by atoms with Gasteiger partial charge in [-0.05, 0) is 33.1 Å². The highest BCUT2D eigenvalue weighted by Gasteiger charge is 2.30. The predicted molar refractivity (Wildman–Crippen MR) is 117 cm³/mol. The van der Waals surface area contributed by atoms with Crippen LogP contribution in [0.5, 0.6) is 0 Å². The Labute approximate surface area is 178 Å². The maximum Gasteiger partial charge on any atom is 0.408 e. The van der Waals surface area contributed by atoms with E-state index in [9.17, 15) is 14.7 Å². The smallest absolute Gasteiger partial charge is 0.408 e. The molecule has 0 rings (SSSR count). The summed E-state index contributed by atoms with van der Waals surface area (Å²) in [5.41, 5.74) is -0.676. The van der Waals surface area contributed by atoms with Gasteiger partial charge in [0.25, 0.3) is 0 Å². The average molecular weight is 416 g/mol. The van der Waals surface area contributed by atoms with Crippen LogP contribution in [-0.4, -0.2) is 42.0 Å². The first-order valence-electron chi connectivity index (χ1n) is 11.3. The highest BCUT2D eigenvalue weighted by atomic mass is 16.6. The summed E-state index contributed by atoms with van der Waals surface area (Å²) in [4.78, 5) is 23.8. The fraction of sp³-hybridized carbons (Fsp3) is 0.913. The lowest BCUT2D eigenvalue weighted by Crippen LogP contribution is -2.50. The molecule has 6 heteroatoms. The number of hydrogen-bond donors (Lipinski definition) is 2. The van der Waals surface area contributed by atoms with Gasteiger partial charge in [-0.15, -0.1) is 0 Å². The second-order valence-corrected chi connectivity index (χ2v) is 9.37. The molecule has 0 saturated heterocycles. The summed E-state index contributed by atoms with van der Waals surface area (Å²) in [6, 6.07) is -1.11. The summed E-state index contributed by atoms with van der Waals surface area (Å²) in [6.07, 6.45) is 10.7. The number of carbonyl (C=O) groups excluding carboxylic acids is 2. The zero-order valence-electron chi connectivity index (χ0n) is 19.6. The third-order valence-corrected chi connectivity index (χ3v) is 4.79. The Morgan fingerprint density at radius 2 is 1.31 bits per heavy atom. The maximum absolute atomic E-state index is 11.9. The first kappa shape index (κ1) is 27.7. The molecule has 0 aromatic heterocycles. The molecule has 0 spiro atoms. The van der Waals surface area contributed by atoms with E-state index >= 15 is 0 Å². The molecule has 0 aliphatic heterocycles. The monoisotopic (exact) mass is 415 g/mol. The zero-order valence-corrected chi connectivity index (χ0v) is 19.6. The molecule has 172 valence electrons. The van der Waals surface area contributed by atoms with Crippen LogP contribution >= 0.6 is 0 Å². The lowest BCUT2D eigenvalue weighted by Gasteiger charge is -2.25. The zero-order chi connectivity index (χ0) is 22.3. The van der Waals surface area contributed by atoms with Gasteiger partial charge in [-0.1, -0.05) is 78.1 Å². The van der Waals surface area contributed by atoms with Gasteiger partial charge in [0.05, 0.1) is 13.2 Å². The van der Waals surface area contributed by atoms with E-state index in [1.807, 2.05) is 0 Å². The largest absolute Gasteiger partial charge is 0.467 e. The number of alkyl carbamates (subject to hydrolysis) is 1. The van der Waals surface area contributed by atoms with E-state index in [4.69, 9.17) is 9.47 Å². The van der Waals surface area contributed by atoms with Crippen molar-refractivity contribution in [1.29, 1.82) is 0 Å². The van der Waals surface area contributed by atoms with Crippen LogP contribution in [0.3, 0.4) is 0 Å². The van der Waals surface area contributed by atoms with Crippen LogP contribution in [0, 0.1) is 5.92 Å². The molecule has 0 aliphatic carbocycles. The highest BCUT2D eigenvalue weighted by Crippen LogP contribution is 2.15. The van der Waals surface area contributed by atoms with E-state index in [-0.39, 0.29) is 0 Å². The number of nitrogens with one attached hydrogen (secondary N) is 1. The summed E-state index contributed by atoms with van der Waals surface area (Å²) in [5.74, 6) is 0.143. The van der Waals surface area contributed by atoms with E-state index in [1.165, 1.54) is 52.1 Å². The van der Waals surface area contributed by atoms with Gasteiger partial charge in [-0.25, -0.2) is 9.59 Å². The first-order chi connectivity index (χ1) is 13.6. The van der Waals surface area contributed by atoms with Crippen molar-refractivity contribution in [3.8, 4) is 0 Å². The summed E-state index contributed by atoms with van der Waals surface area (Å²) < 4.78 is 9.87. The van der Waals surface area contributed by atoms with Crippen molar-refractivity contribution in [3.05, 3.63) is 0 Å². The van der Waals surface area contributed by atoms with Crippen molar-refractivity contribution in [2.24, 2.45) is 5.92 Å². The molecule has 1 amide bonds. The minimum absolute atomic E-state index is 0.435. The molecule has 2 N–H and O–H groups in total. The predicted octanol–water partition coefficient (Wildman–Crippen LogP) is 5.36. The standard InChI is InChI=1S/C23H45NO5/c1-18(2)16-14-12-10-8-7-9-11-13-15-17-19(25)20(21(26)28-6)24-22(27)29-23(3,4)5/h18-20,25H,7-17H2,1-6H3,(H,24,27)/t19-,20-/m1/s1. The van der Waals surface area contributed by atoms with Crippen LogP contribution in [-0.2, 0) is 14.3 Å². The molecule has 0 aliphatic rings. The fourth-order valence-electron chi connectivity index (χ4n) is 3.18. The highest BCUT2D eigenvalue weighted by molar-refractivity contribution is 5.82. The molecule has 0 unspecified atom stereocenters. The van der Waals surface area contributed by atoms with Crippen LogP contribution in [0.25, 0.3) is 0 Å². The van der Waals surface area contributed by atoms with E-state index in [2.05, 4.69) is 19.2 Å². The van der Waals surface area contributed by atoms with E-state index < -0.39 is 29.8 Å². The Morgan fingerprint density at radius 3 is 1.72 bits per heavy atom. The Hall–Kier alpha value is -1.30. The number of unbranched alkanes of at least 4 members (excludes halogenated alkanes) is 8. The first-order valence-corrected chi connectivity index (χ1v) is 11.3. The number of esters is 1. The minimum atomic E-state index is -1.11.